The number of anilines is 1. The van der Waals surface area contributed by atoms with Crippen LogP contribution < -0.4 is 10.6 Å². The highest BCUT2D eigenvalue weighted by atomic mass is 35.5. The normalized spacial score (nSPS) is 13.4. The zero-order valence-electron chi connectivity index (χ0n) is 15.6. The van der Waals surface area contributed by atoms with Crippen LogP contribution >= 0.6 is 22.9 Å². The van der Waals surface area contributed by atoms with Crippen LogP contribution in [0.2, 0.25) is 0 Å². The van der Waals surface area contributed by atoms with Crippen LogP contribution in [-0.2, 0) is 25.5 Å². The first-order chi connectivity index (χ1) is 13.0. The minimum atomic E-state index is -5.32. The van der Waals surface area contributed by atoms with E-state index in [9.17, 15) is 27.6 Å². The molecule has 1 heterocycles. The van der Waals surface area contributed by atoms with Crippen molar-refractivity contribution >= 4 is 45.8 Å². The molecule has 1 rings (SSSR count). The summed E-state index contributed by atoms with van der Waals surface area (Å²) in [6, 6.07) is 0. The monoisotopic (exact) mass is 444 g/mol. The highest BCUT2D eigenvalue weighted by Gasteiger charge is 2.64. The summed E-state index contributed by atoms with van der Waals surface area (Å²) < 4.78 is 51.2. The zero-order chi connectivity index (χ0) is 21.7. The Morgan fingerprint density at radius 3 is 2.25 bits per heavy atom. The third-order valence-electron chi connectivity index (χ3n) is 3.71. The summed E-state index contributed by atoms with van der Waals surface area (Å²) in [5.41, 5.74) is -3.33. The van der Waals surface area contributed by atoms with E-state index < -0.39 is 35.6 Å². The number of carbonyl (C=O) groups excluding carboxylic acids is 3. The maximum atomic E-state index is 14.0. The van der Waals surface area contributed by atoms with E-state index in [4.69, 9.17) is 11.6 Å². The lowest BCUT2D eigenvalue weighted by atomic mass is 10.1. The predicted octanol–water partition coefficient (Wildman–Crippen LogP) is 2.99. The molecule has 0 aliphatic heterocycles. The second-order valence-corrected chi connectivity index (χ2v) is 6.95. The van der Waals surface area contributed by atoms with Gasteiger partial charge in [-0.2, -0.15) is 13.2 Å². The number of thiophene rings is 1. The Balaban J connectivity index is 3.67. The Hall–Kier alpha value is -2.01. The molecular formula is C16H20ClF3N2O5S. The van der Waals surface area contributed by atoms with Gasteiger partial charge in [0.1, 0.15) is 10.9 Å². The second-order valence-electron chi connectivity index (χ2n) is 5.46. The van der Waals surface area contributed by atoms with Crippen LogP contribution in [0.4, 0.5) is 18.2 Å². The van der Waals surface area contributed by atoms with E-state index in [1.165, 1.54) is 6.92 Å². The highest BCUT2D eigenvalue weighted by molar-refractivity contribution is 7.16. The Bertz CT molecular complexity index is 753. The number of ether oxygens (including phenoxy) is 2. The Morgan fingerprint density at radius 2 is 1.82 bits per heavy atom. The van der Waals surface area contributed by atoms with Crippen molar-refractivity contribution in [2.24, 2.45) is 0 Å². The first kappa shape index (κ1) is 24.0. The Kier molecular flexibility index (Phi) is 8.12. The van der Waals surface area contributed by atoms with Gasteiger partial charge < -0.3 is 20.1 Å². The van der Waals surface area contributed by atoms with Crippen LogP contribution in [0.5, 0.6) is 0 Å². The molecule has 12 heteroatoms. The molecule has 0 aliphatic carbocycles. The first-order valence-electron chi connectivity index (χ1n) is 8.08. The molecule has 0 saturated heterocycles. The number of hydrogen-bond donors (Lipinski definition) is 2. The third-order valence-corrected chi connectivity index (χ3v) is 5.01. The minimum Gasteiger partial charge on any atom is -0.465 e. The van der Waals surface area contributed by atoms with Crippen molar-refractivity contribution in [1.82, 2.24) is 5.32 Å². The number of amides is 1. The van der Waals surface area contributed by atoms with Crippen molar-refractivity contribution < 1.29 is 37.0 Å². The van der Waals surface area contributed by atoms with Crippen LogP contribution in [0, 0.1) is 6.92 Å². The number of esters is 2. The maximum Gasteiger partial charge on any atom is 0.441 e. The molecule has 0 spiro atoms. The van der Waals surface area contributed by atoms with Gasteiger partial charge in [-0.1, -0.05) is 6.92 Å². The SMILES string of the molecule is CCOC(=O)C(NC(=O)CCl)(Nc1sc(C)c(CC)c1C(=O)OC)C(F)(F)F. The molecule has 1 aromatic rings. The molecule has 0 saturated carbocycles. The molecule has 1 atom stereocenters. The maximum absolute atomic E-state index is 14.0. The average molecular weight is 445 g/mol. The van der Waals surface area contributed by atoms with Crippen LogP contribution in [0.25, 0.3) is 0 Å². The lowest BCUT2D eigenvalue weighted by Crippen LogP contribution is -2.69. The number of alkyl halides is 4. The number of methoxy groups -OCH3 is 1. The number of halogens is 4. The average Bonchev–Trinajstić information content (AvgIpc) is 2.94. The minimum absolute atomic E-state index is 0.148. The fraction of sp³-hybridized carbons (Fsp3) is 0.562. The van der Waals surface area contributed by atoms with Crippen molar-refractivity contribution in [3.05, 3.63) is 16.0 Å². The zero-order valence-corrected chi connectivity index (χ0v) is 17.2. The van der Waals surface area contributed by atoms with Crippen LogP contribution in [-0.4, -0.2) is 49.3 Å². The Labute approximate surface area is 168 Å². The number of hydrogen-bond acceptors (Lipinski definition) is 7. The molecule has 1 aromatic heterocycles. The largest absolute Gasteiger partial charge is 0.465 e. The topological polar surface area (TPSA) is 93.7 Å². The van der Waals surface area contributed by atoms with Crippen LogP contribution in [0.15, 0.2) is 0 Å². The summed E-state index contributed by atoms with van der Waals surface area (Å²) >= 11 is 6.14. The van der Waals surface area contributed by atoms with Crippen molar-refractivity contribution in [2.75, 3.05) is 24.9 Å². The van der Waals surface area contributed by atoms with Gasteiger partial charge in [0.05, 0.1) is 19.3 Å². The van der Waals surface area contributed by atoms with Gasteiger partial charge in [-0.15, -0.1) is 22.9 Å². The fourth-order valence-electron chi connectivity index (χ4n) is 2.45. The summed E-state index contributed by atoms with van der Waals surface area (Å²) in [7, 11) is 1.08. The van der Waals surface area contributed by atoms with Gasteiger partial charge in [-0.05, 0) is 25.8 Å². The predicted molar refractivity (Wildman–Crippen MR) is 97.7 cm³/mol. The highest BCUT2D eigenvalue weighted by Crippen LogP contribution is 2.40. The molecule has 0 fully saturated rings. The van der Waals surface area contributed by atoms with Gasteiger partial charge in [0.15, 0.2) is 0 Å². The van der Waals surface area contributed by atoms with Crippen molar-refractivity contribution in [2.45, 2.75) is 39.0 Å². The molecule has 0 bridgehead atoms. The standard InChI is InChI=1S/C16H20ClF3N2O5S/c1-5-9-8(3)28-12(11(9)13(24)26-4)22-15(16(18,19)20,14(25)27-6-2)21-10(23)7-17/h22H,5-7H2,1-4H3,(H,21,23). The van der Waals surface area contributed by atoms with Gasteiger partial charge in [0, 0.05) is 4.88 Å². The third kappa shape index (κ3) is 4.69. The molecule has 2 N–H and O–H groups in total. The van der Waals surface area contributed by atoms with E-state index in [1.54, 1.807) is 19.2 Å². The number of nitrogens with one attached hydrogen (secondary N) is 2. The van der Waals surface area contributed by atoms with E-state index in [0.717, 1.165) is 18.4 Å². The summed E-state index contributed by atoms with van der Waals surface area (Å²) in [4.78, 5) is 36.7. The van der Waals surface area contributed by atoms with E-state index in [1.807, 2.05) is 5.32 Å². The van der Waals surface area contributed by atoms with E-state index in [0.29, 0.717) is 16.9 Å². The van der Waals surface area contributed by atoms with Crippen LogP contribution in [0.3, 0.4) is 0 Å². The number of rotatable bonds is 8. The summed E-state index contributed by atoms with van der Waals surface area (Å²) in [5, 5.41) is 3.26. The van der Waals surface area contributed by atoms with E-state index >= 15 is 0 Å². The van der Waals surface area contributed by atoms with Crippen molar-refractivity contribution in [1.29, 1.82) is 0 Å². The van der Waals surface area contributed by atoms with Gasteiger partial charge in [-0.3, -0.25) is 4.79 Å². The molecule has 158 valence electrons. The van der Waals surface area contributed by atoms with Gasteiger partial charge in [-0.25, -0.2) is 9.59 Å². The second kappa shape index (κ2) is 9.46. The lowest BCUT2D eigenvalue weighted by Gasteiger charge is -2.35. The molecule has 28 heavy (non-hydrogen) atoms. The molecule has 0 aliphatic rings. The van der Waals surface area contributed by atoms with Crippen LogP contribution in [0.1, 0.15) is 34.6 Å². The summed E-state index contributed by atoms with van der Waals surface area (Å²) in [6.45, 7) is 4.26. The lowest BCUT2D eigenvalue weighted by molar-refractivity contribution is -0.207. The van der Waals surface area contributed by atoms with Gasteiger partial charge in [0.25, 0.3) is 0 Å². The molecule has 0 radical (unpaired) electrons. The summed E-state index contributed by atoms with van der Waals surface area (Å²) in [5.74, 6) is -4.76. The van der Waals surface area contributed by atoms with E-state index in [2.05, 4.69) is 9.47 Å². The molecule has 7 nitrogen and oxygen atoms in total. The quantitative estimate of drug-likeness (QED) is 0.364. The van der Waals surface area contributed by atoms with E-state index in [-0.39, 0.29) is 17.2 Å². The van der Waals surface area contributed by atoms with Gasteiger partial charge in [0.2, 0.25) is 5.91 Å². The number of aryl methyl sites for hydroxylation is 1. The van der Waals surface area contributed by atoms with Crippen molar-refractivity contribution in [3.63, 3.8) is 0 Å². The number of carbonyl (C=O) groups is 3. The fourth-order valence-corrected chi connectivity index (χ4v) is 3.71. The Morgan fingerprint density at radius 1 is 1.21 bits per heavy atom. The van der Waals surface area contributed by atoms with Gasteiger partial charge >= 0.3 is 23.8 Å². The molecular weight excluding hydrogens is 425 g/mol. The molecule has 1 unspecified atom stereocenters. The molecule has 0 aromatic carbocycles. The smallest absolute Gasteiger partial charge is 0.441 e. The first-order valence-corrected chi connectivity index (χ1v) is 9.43. The molecule has 1 amide bonds. The van der Waals surface area contributed by atoms with Crippen molar-refractivity contribution in [3.8, 4) is 0 Å². The summed E-state index contributed by atoms with van der Waals surface area (Å²) in [6.07, 6.45) is -4.99.